The SMILES string of the molecule is Cc1ccc(-n2c(SCCCCSc3nc4c(c(=O)n3-c3ccc(C)cc3)C3(CCCCC3)Cc3ccccc3-4)nc3c(c2=O)C2(CCCCC2)Cc2ccccc2-3)cc1. The van der Waals surface area contributed by atoms with Crippen LogP contribution in [0.4, 0.5) is 0 Å². The van der Waals surface area contributed by atoms with Crippen molar-refractivity contribution in [1.29, 1.82) is 0 Å². The number of benzene rings is 4. The van der Waals surface area contributed by atoms with Gasteiger partial charge in [0.25, 0.3) is 11.1 Å². The Morgan fingerprint density at radius 3 is 1.30 bits per heavy atom. The van der Waals surface area contributed by atoms with Crippen molar-refractivity contribution in [2.45, 2.75) is 125 Å². The van der Waals surface area contributed by atoms with Gasteiger partial charge in [-0.15, -0.1) is 0 Å². The van der Waals surface area contributed by atoms with Gasteiger partial charge in [0, 0.05) is 33.5 Å². The number of nitrogens with zero attached hydrogens (tertiary/aromatic N) is 4. The van der Waals surface area contributed by atoms with Crippen molar-refractivity contribution in [2.75, 3.05) is 11.5 Å². The van der Waals surface area contributed by atoms with Gasteiger partial charge in [0.1, 0.15) is 0 Å². The smallest absolute Gasteiger partial charge is 0.263 e. The molecule has 8 heteroatoms. The topological polar surface area (TPSA) is 69.8 Å². The van der Waals surface area contributed by atoms with E-state index >= 15 is 9.59 Å². The minimum Gasteiger partial charge on any atom is -0.268 e. The summed E-state index contributed by atoms with van der Waals surface area (Å²) in [5, 5.41) is 1.52. The van der Waals surface area contributed by atoms with Crippen LogP contribution in [0.25, 0.3) is 33.9 Å². The molecule has 2 heterocycles. The molecule has 0 unspecified atom stereocenters. The Morgan fingerprint density at radius 1 is 0.517 bits per heavy atom. The van der Waals surface area contributed by atoms with Crippen molar-refractivity contribution in [2.24, 2.45) is 0 Å². The van der Waals surface area contributed by atoms with Crippen LogP contribution < -0.4 is 11.1 Å². The maximum atomic E-state index is 15.0. The molecular formula is C52H54N4O2S2. The Balaban J connectivity index is 0.952. The summed E-state index contributed by atoms with van der Waals surface area (Å²) in [5.41, 5.74) is 12.5. The van der Waals surface area contributed by atoms with E-state index in [1.54, 1.807) is 23.5 Å². The molecule has 0 N–H and O–H groups in total. The third-order valence-corrected chi connectivity index (χ3v) is 16.0. The second kappa shape index (κ2) is 16.3. The van der Waals surface area contributed by atoms with Crippen LogP contribution in [-0.4, -0.2) is 30.6 Å². The van der Waals surface area contributed by atoms with Gasteiger partial charge in [0.05, 0.1) is 33.9 Å². The van der Waals surface area contributed by atoms with E-state index in [2.05, 4.69) is 111 Å². The van der Waals surface area contributed by atoms with E-state index in [0.29, 0.717) is 0 Å². The quantitative estimate of drug-likeness (QED) is 0.0821. The van der Waals surface area contributed by atoms with E-state index in [4.69, 9.17) is 9.97 Å². The zero-order valence-electron chi connectivity index (χ0n) is 35.0. The number of aryl methyl sites for hydroxylation is 2. The minimum atomic E-state index is -0.165. The third kappa shape index (κ3) is 7.01. The van der Waals surface area contributed by atoms with Crippen LogP contribution in [0.1, 0.15) is 110 Å². The van der Waals surface area contributed by atoms with Crippen molar-refractivity contribution in [3.63, 3.8) is 0 Å². The van der Waals surface area contributed by atoms with Gasteiger partial charge in [-0.05, 0) is 101 Å². The Labute approximate surface area is 362 Å². The first kappa shape index (κ1) is 39.5. The highest BCUT2D eigenvalue weighted by atomic mass is 32.2. The molecule has 2 saturated carbocycles. The molecule has 2 spiro atoms. The number of thioether (sulfide) groups is 2. The van der Waals surface area contributed by atoms with Crippen LogP contribution in [0.15, 0.2) is 117 Å². The summed E-state index contributed by atoms with van der Waals surface area (Å²) in [7, 11) is 0. The molecule has 60 heavy (non-hydrogen) atoms. The van der Waals surface area contributed by atoms with Gasteiger partial charge in [-0.1, -0.05) is 146 Å². The zero-order valence-corrected chi connectivity index (χ0v) is 36.6. The lowest BCUT2D eigenvalue weighted by Crippen LogP contribution is -2.42. The van der Waals surface area contributed by atoms with Crippen LogP contribution >= 0.6 is 23.5 Å². The normalized spacial score (nSPS) is 17.2. The van der Waals surface area contributed by atoms with Gasteiger partial charge >= 0.3 is 0 Å². The third-order valence-electron chi connectivity index (χ3n) is 14.0. The molecule has 4 aliphatic carbocycles. The fourth-order valence-electron chi connectivity index (χ4n) is 10.9. The molecule has 0 saturated heterocycles. The van der Waals surface area contributed by atoms with Crippen LogP contribution in [0.2, 0.25) is 0 Å². The van der Waals surface area contributed by atoms with Gasteiger partial charge in [0.2, 0.25) is 0 Å². The van der Waals surface area contributed by atoms with Crippen molar-refractivity contribution < 1.29 is 0 Å². The first-order valence-corrected chi connectivity index (χ1v) is 24.2. The number of unbranched alkanes of at least 4 members (excludes halogenated alkanes) is 1. The van der Waals surface area contributed by atoms with E-state index in [1.165, 1.54) is 35.1 Å². The van der Waals surface area contributed by atoms with Crippen LogP contribution in [0.3, 0.4) is 0 Å². The summed E-state index contributed by atoms with van der Waals surface area (Å²) in [6, 6.07) is 33.9. The van der Waals surface area contributed by atoms with E-state index in [9.17, 15) is 0 Å². The van der Waals surface area contributed by atoms with Gasteiger partial charge < -0.3 is 0 Å². The molecule has 0 radical (unpaired) electrons. The van der Waals surface area contributed by atoms with Crippen molar-refractivity contribution >= 4 is 23.5 Å². The Bertz CT molecular complexity index is 2500. The van der Waals surface area contributed by atoms with E-state index < -0.39 is 0 Å². The maximum Gasteiger partial charge on any atom is 0.263 e. The summed E-state index contributed by atoms with van der Waals surface area (Å²) >= 11 is 3.38. The monoisotopic (exact) mass is 830 g/mol. The molecule has 0 aliphatic heterocycles. The predicted octanol–water partition coefficient (Wildman–Crippen LogP) is 11.9. The molecule has 4 aromatic carbocycles. The minimum absolute atomic E-state index is 0.0995. The molecule has 0 atom stereocenters. The molecular weight excluding hydrogens is 777 g/mol. The lowest BCUT2D eigenvalue weighted by molar-refractivity contribution is 0.283. The molecule has 0 bridgehead atoms. The number of aromatic nitrogens is 4. The molecule has 4 aliphatic rings. The molecule has 10 rings (SSSR count). The van der Waals surface area contributed by atoms with Crippen molar-refractivity contribution in [1.82, 2.24) is 19.1 Å². The standard InChI is InChI=1S/C52H54N4O2S2/c1-35-19-23-39(24-20-35)55-47(57)43-45(41-17-7-5-15-37(41)33-51(43)27-9-3-10-28-51)53-49(55)59-31-13-14-32-60-50-54-46-42-18-8-6-16-38(42)34-52(29-11-4-12-30-52)44(46)48(58)56(50)40-25-21-36(2)22-26-40/h5-8,15-26H,3-4,9-14,27-34H2,1-2H3. The summed E-state index contributed by atoms with van der Waals surface area (Å²) in [5.74, 6) is 1.64. The molecule has 2 fully saturated rings. The maximum absolute atomic E-state index is 15.0. The van der Waals surface area contributed by atoms with Crippen LogP contribution in [-0.2, 0) is 23.7 Å². The number of rotatable bonds is 9. The number of fused-ring (bicyclic) bond motifs is 8. The number of hydrogen-bond acceptors (Lipinski definition) is 6. The largest absolute Gasteiger partial charge is 0.268 e. The molecule has 2 aromatic heterocycles. The fraction of sp³-hybridized carbons (Fsp3) is 0.385. The van der Waals surface area contributed by atoms with E-state index in [-0.39, 0.29) is 21.9 Å². The average molecular weight is 831 g/mol. The molecule has 306 valence electrons. The van der Waals surface area contributed by atoms with Crippen LogP contribution in [0, 0.1) is 13.8 Å². The summed E-state index contributed by atoms with van der Waals surface area (Å²) in [6.45, 7) is 4.18. The summed E-state index contributed by atoms with van der Waals surface area (Å²) < 4.78 is 3.83. The fourth-order valence-corrected chi connectivity index (χ4v) is 13.0. The Morgan fingerprint density at radius 2 is 0.900 bits per heavy atom. The molecule has 6 aromatic rings. The first-order valence-electron chi connectivity index (χ1n) is 22.3. The zero-order chi connectivity index (χ0) is 40.8. The number of hydrogen-bond donors (Lipinski definition) is 0. The summed E-state index contributed by atoms with van der Waals surface area (Å²) in [4.78, 5) is 41.0. The Kier molecular flexibility index (Phi) is 10.7. The highest BCUT2D eigenvalue weighted by Gasteiger charge is 2.45. The second-order valence-electron chi connectivity index (χ2n) is 17.9. The Hall–Kier alpha value is -4.66. The van der Waals surface area contributed by atoms with E-state index in [0.717, 1.165) is 144 Å². The van der Waals surface area contributed by atoms with Gasteiger partial charge in [-0.2, -0.15) is 0 Å². The van der Waals surface area contributed by atoms with Gasteiger partial charge in [0.15, 0.2) is 10.3 Å². The average Bonchev–Trinajstić information content (AvgIpc) is 3.26. The predicted molar refractivity (Wildman–Crippen MR) is 248 cm³/mol. The van der Waals surface area contributed by atoms with Crippen LogP contribution in [0.5, 0.6) is 0 Å². The first-order chi connectivity index (χ1) is 29.3. The lowest BCUT2D eigenvalue weighted by Gasteiger charge is -2.42. The highest BCUT2D eigenvalue weighted by Crippen LogP contribution is 2.50. The second-order valence-corrected chi connectivity index (χ2v) is 20.1. The summed E-state index contributed by atoms with van der Waals surface area (Å²) in [6.07, 6.45) is 14.9. The highest BCUT2D eigenvalue weighted by molar-refractivity contribution is 7.99. The van der Waals surface area contributed by atoms with Gasteiger partial charge in [-0.25, -0.2) is 9.97 Å². The lowest BCUT2D eigenvalue weighted by atomic mass is 9.62. The van der Waals surface area contributed by atoms with Crippen molar-refractivity contribution in [3.05, 3.63) is 151 Å². The van der Waals surface area contributed by atoms with E-state index in [1.807, 2.05) is 9.13 Å². The van der Waals surface area contributed by atoms with Crippen molar-refractivity contribution in [3.8, 4) is 33.9 Å². The molecule has 6 nitrogen and oxygen atoms in total. The van der Waals surface area contributed by atoms with Gasteiger partial charge in [-0.3, -0.25) is 18.7 Å². The molecule has 0 amide bonds.